The number of nitrogens with one attached hydrogen (secondary N) is 1. The van der Waals surface area contributed by atoms with Gasteiger partial charge in [-0.05, 0) is 42.7 Å². The summed E-state index contributed by atoms with van der Waals surface area (Å²) in [6.45, 7) is 0.0304. The Morgan fingerprint density at radius 1 is 1.07 bits per heavy atom. The van der Waals surface area contributed by atoms with Gasteiger partial charge >= 0.3 is 0 Å². The summed E-state index contributed by atoms with van der Waals surface area (Å²) in [4.78, 5) is 12.9. The van der Waals surface area contributed by atoms with E-state index in [1.165, 1.54) is 23.5 Å². The molecule has 0 radical (unpaired) electrons. The number of carbonyl (C=O) groups is 1. The summed E-state index contributed by atoms with van der Waals surface area (Å²) < 4.78 is 33.7. The van der Waals surface area contributed by atoms with Crippen molar-refractivity contribution >= 4 is 15.9 Å². The predicted molar refractivity (Wildman–Crippen MR) is 108 cm³/mol. The highest BCUT2D eigenvalue weighted by Gasteiger charge is 2.50. The maximum absolute atomic E-state index is 13.7. The molecule has 0 saturated heterocycles. The van der Waals surface area contributed by atoms with Crippen LogP contribution in [0.5, 0.6) is 5.75 Å². The van der Waals surface area contributed by atoms with Crippen LogP contribution < -0.4 is 10.2 Å². The van der Waals surface area contributed by atoms with E-state index in [0.29, 0.717) is 31.4 Å². The second-order valence-electron chi connectivity index (χ2n) is 7.21. The maximum atomic E-state index is 13.7. The van der Waals surface area contributed by atoms with Gasteiger partial charge in [0.25, 0.3) is 5.91 Å². The van der Waals surface area contributed by atoms with Crippen molar-refractivity contribution in [2.45, 2.75) is 49.1 Å². The van der Waals surface area contributed by atoms with Gasteiger partial charge in [0.2, 0.25) is 10.0 Å². The third-order valence-corrected chi connectivity index (χ3v) is 7.43. The third-order valence-electron chi connectivity index (χ3n) is 5.50. The summed E-state index contributed by atoms with van der Waals surface area (Å²) in [6.07, 6.45) is 3.03. The van der Waals surface area contributed by atoms with Crippen LogP contribution in [0.1, 0.15) is 37.7 Å². The molecule has 0 spiro atoms. The SMILES string of the molecule is COc1ccc(S(=O)(=O)N(Cc2ccccc2)C2(C(=O)NO)CCCCC2)cc1. The smallest absolute Gasteiger partial charge is 0.264 e. The summed E-state index contributed by atoms with van der Waals surface area (Å²) in [5.74, 6) is -0.149. The second-order valence-corrected chi connectivity index (χ2v) is 9.07. The van der Waals surface area contributed by atoms with Crippen LogP contribution in [-0.4, -0.2) is 36.5 Å². The van der Waals surface area contributed by atoms with Crippen molar-refractivity contribution < 1.29 is 23.2 Å². The lowest BCUT2D eigenvalue weighted by Gasteiger charge is -2.43. The Bertz CT molecular complexity index is 923. The molecule has 2 aromatic rings. The molecule has 29 heavy (non-hydrogen) atoms. The number of nitrogens with zero attached hydrogens (tertiary/aromatic N) is 1. The van der Waals surface area contributed by atoms with Crippen LogP contribution in [-0.2, 0) is 21.4 Å². The molecule has 8 heteroatoms. The lowest BCUT2D eigenvalue weighted by molar-refractivity contribution is -0.141. The fourth-order valence-corrected chi connectivity index (χ4v) is 5.70. The van der Waals surface area contributed by atoms with Crippen molar-refractivity contribution in [3.05, 3.63) is 60.2 Å². The molecule has 1 aliphatic rings. The van der Waals surface area contributed by atoms with Crippen molar-refractivity contribution in [2.75, 3.05) is 7.11 Å². The van der Waals surface area contributed by atoms with E-state index in [2.05, 4.69) is 0 Å². The number of hydrogen-bond acceptors (Lipinski definition) is 5. The lowest BCUT2D eigenvalue weighted by Crippen LogP contribution is -2.60. The minimum Gasteiger partial charge on any atom is -0.497 e. The minimum absolute atomic E-state index is 0.0304. The van der Waals surface area contributed by atoms with Crippen LogP contribution in [0.4, 0.5) is 0 Å². The first-order chi connectivity index (χ1) is 13.9. The Hall–Kier alpha value is -2.42. The standard InChI is InChI=1S/C21H26N2O5S/c1-28-18-10-12-19(13-11-18)29(26,27)23(16-17-8-4-2-5-9-17)21(20(24)22-25)14-6-3-7-15-21/h2,4-5,8-13,25H,3,6-7,14-16H2,1H3,(H,22,24). The largest absolute Gasteiger partial charge is 0.497 e. The zero-order valence-corrected chi connectivity index (χ0v) is 17.2. The first kappa shape index (κ1) is 21.3. The molecule has 7 nitrogen and oxygen atoms in total. The first-order valence-electron chi connectivity index (χ1n) is 9.59. The van der Waals surface area contributed by atoms with Crippen molar-refractivity contribution in [1.29, 1.82) is 0 Å². The molecule has 1 amide bonds. The van der Waals surface area contributed by atoms with E-state index in [1.54, 1.807) is 17.6 Å². The number of hydroxylamine groups is 1. The summed E-state index contributed by atoms with van der Waals surface area (Å²) in [6, 6.07) is 15.2. The predicted octanol–water partition coefficient (Wildman–Crippen LogP) is 3.09. The number of sulfonamides is 1. The quantitative estimate of drug-likeness (QED) is 0.532. The van der Waals surface area contributed by atoms with Gasteiger partial charge in [0, 0.05) is 6.54 Å². The van der Waals surface area contributed by atoms with Gasteiger partial charge in [0.05, 0.1) is 12.0 Å². The molecule has 2 N–H and O–H groups in total. The lowest BCUT2D eigenvalue weighted by atomic mass is 9.80. The average Bonchev–Trinajstić information content (AvgIpc) is 2.78. The van der Waals surface area contributed by atoms with Gasteiger partial charge in [-0.15, -0.1) is 0 Å². The summed E-state index contributed by atoms with van der Waals surface area (Å²) in [7, 11) is -2.52. The fraction of sp³-hybridized carbons (Fsp3) is 0.381. The van der Waals surface area contributed by atoms with Crippen LogP contribution in [0, 0.1) is 0 Å². The molecule has 0 aromatic heterocycles. The number of amides is 1. The van der Waals surface area contributed by atoms with Crippen molar-refractivity contribution in [3.63, 3.8) is 0 Å². The van der Waals surface area contributed by atoms with Crippen LogP contribution in [0.15, 0.2) is 59.5 Å². The van der Waals surface area contributed by atoms with Gasteiger partial charge < -0.3 is 4.74 Å². The summed E-state index contributed by atoms with van der Waals surface area (Å²) in [5, 5.41) is 9.43. The first-order valence-corrected chi connectivity index (χ1v) is 11.0. The zero-order chi connectivity index (χ0) is 20.9. The van der Waals surface area contributed by atoms with Crippen LogP contribution in [0.3, 0.4) is 0 Å². The summed E-state index contributed by atoms with van der Waals surface area (Å²) >= 11 is 0. The molecule has 1 saturated carbocycles. The van der Waals surface area contributed by atoms with E-state index < -0.39 is 21.5 Å². The van der Waals surface area contributed by atoms with Crippen LogP contribution in [0.25, 0.3) is 0 Å². The topological polar surface area (TPSA) is 95.9 Å². The molecule has 0 atom stereocenters. The molecular weight excluding hydrogens is 392 g/mol. The van der Waals surface area contributed by atoms with Gasteiger partial charge in [0.15, 0.2) is 0 Å². The van der Waals surface area contributed by atoms with E-state index in [-0.39, 0.29) is 11.4 Å². The minimum atomic E-state index is -4.03. The van der Waals surface area contributed by atoms with Crippen LogP contribution >= 0.6 is 0 Å². The Morgan fingerprint density at radius 2 is 1.69 bits per heavy atom. The molecule has 0 unspecified atom stereocenters. The van der Waals surface area contributed by atoms with Gasteiger partial charge in [-0.25, -0.2) is 13.9 Å². The Balaban J connectivity index is 2.11. The van der Waals surface area contributed by atoms with Gasteiger partial charge in [-0.3, -0.25) is 10.0 Å². The molecule has 0 aliphatic heterocycles. The van der Waals surface area contributed by atoms with Crippen molar-refractivity contribution in [2.24, 2.45) is 0 Å². The normalized spacial score (nSPS) is 16.4. The molecule has 1 aliphatic carbocycles. The number of methoxy groups -OCH3 is 1. The Kier molecular flexibility index (Phi) is 6.56. The molecule has 2 aromatic carbocycles. The fourth-order valence-electron chi connectivity index (χ4n) is 3.92. The highest BCUT2D eigenvalue weighted by atomic mass is 32.2. The number of rotatable bonds is 7. The third kappa shape index (κ3) is 4.29. The van der Waals surface area contributed by atoms with Gasteiger partial charge in [-0.2, -0.15) is 4.31 Å². The molecule has 3 rings (SSSR count). The van der Waals surface area contributed by atoms with Crippen LogP contribution in [0.2, 0.25) is 0 Å². The number of benzene rings is 2. The van der Waals surface area contributed by atoms with Crippen molar-refractivity contribution in [3.8, 4) is 5.75 Å². The zero-order valence-electron chi connectivity index (χ0n) is 16.4. The molecule has 1 fully saturated rings. The van der Waals surface area contributed by atoms with Gasteiger partial charge in [-0.1, -0.05) is 49.6 Å². The van der Waals surface area contributed by atoms with E-state index in [4.69, 9.17) is 4.74 Å². The summed E-state index contributed by atoms with van der Waals surface area (Å²) in [5.41, 5.74) is 1.14. The average molecular weight is 419 g/mol. The Morgan fingerprint density at radius 3 is 2.24 bits per heavy atom. The van der Waals surface area contributed by atoms with E-state index in [0.717, 1.165) is 12.0 Å². The molecule has 156 valence electrons. The highest BCUT2D eigenvalue weighted by Crippen LogP contribution is 2.39. The highest BCUT2D eigenvalue weighted by molar-refractivity contribution is 7.89. The second kappa shape index (κ2) is 8.94. The maximum Gasteiger partial charge on any atom is 0.264 e. The van der Waals surface area contributed by atoms with E-state index >= 15 is 0 Å². The van der Waals surface area contributed by atoms with Crippen molar-refractivity contribution in [1.82, 2.24) is 9.79 Å². The van der Waals surface area contributed by atoms with Gasteiger partial charge in [0.1, 0.15) is 11.3 Å². The number of hydrogen-bond donors (Lipinski definition) is 2. The van der Waals surface area contributed by atoms with E-state index in [1.807, 2.05) is 30.3 Å². The number of carbonyl (C=O) groups excluding carboxylic acids is 1. The molecular formula is C21H26N2O5S. The molecule has 0 bridgehead atoms. The number of ether oxygens (including phenoxy) is 1. The Labute approximate surface area is 171 Å². The van der Waals surface area contributed by atoms with E-state index in [9.17, 15) is 18.4 Å². The molecule has 0 heterocycles. The monoisotopic (exact) mass is 418 g/mol.